The SMILES string of the molecule is CC(=O)NCC(=O)N1CCC[C@H]1C(=O)N[C@@H](Cc1cccc2ccccc12)C(=O)NC(CC(C)C)C(=O)[C@@]1(C)CO1. The van der Waals surface area contributed by atoms with Gasteiger partial charge in [0, 0.05) is 19.9 Å². The Kier molecular flexibility index (Phi) is 9.42. The molecule has 4 rings (SSSR count). The lowest BCUT2D eigenvalue weighted by molar-refractivity contribution is -0.139. The number of carbonyl (C=O) groups is 5. The van der Waals surface area contributed by atoms with Crippen LogP contribution in [0.5, 0.6) is 0 Å². The molecule has 2 heterocycles. The average Bonchev–Trinajstić information content (AvgIpc) is 3.49. The molecule has 3 N–H and O–H groups in total. The molecule has 0 aliphatic carbocycles. The van der Waals surface area contributed by atoms with Gasteiger partial charge in [-0.3, -0.25) is 24.0 Å². The van der Waals surface area contributed by atoms with Crippen LogP contribution in [0.15, 0.2) is 42.5 Å². The van der Waals surface area contributed by atoms with Gasteiger partial charge in [-0.25, -0.2) is 0 Å². The Morgan fingerprint density at radius 3 is 2.41 bits per heavy atom. The quantitative estimate of drug-likeness (QED) is 0.337. The molecule has 41 heavy (non-hydrogen) atoms. The number of hydrogen-bond acceptors (Lipinski definition) is 6. The molecule has 0 bridgehead atoms. The minimum atomic E-state index is -0.989. The highest BCUT2D eigenvalue weighted by atomic mass is 16.6. The molecule has 2 aliphatic rings. The van der Waals surface area contributed by atoms with E-state index < -0.39 is 35.5 Å². The van der Waals surface area contributed by atoms with Gasteiger partial charge in [0.05, 0.1) is 19.2 Å². The Hall–Kier alpha value is -3.79. The molecule has 2 aliphatic heterocycles. The van der Waals surface area contributed by atoms with Crippen LogP contribution in [0.2, 0.25) is 0 Å². The van der Waals surface area contributed by atoms with Crippen molar-refractivity contribution in [3.8, 4) is 0 Å². The average molecular weight is 565 g/mol. The fourth-order valence-corrected chi connectivity index (χ4v) is 5.40. The summed E-state index contributed by atoms with van der Waals surface area (Å²) >= 11 is 0. The Morgan fingerprint density at radius 2 is 1.73 bits per heavy atom. The molecule has 0 saturated carbocycles. The molecule has 0 aromatic heterocycles. The number of nitrogens with one attached hydrogen (secondary N) is 3. The molecule has 4 amide bonds. The molecule has 0 radical (unpaired) electrons. The van der Waals surface area contributed by atoms with Crippen molar-refractivity contribution in [1.29, 1.82) is 0 Å². The number of Topliss-reactive ketones (excluding diaryl/α,β-unsaturated/α-hetero) is 1. The van der Waals surface area contributed by atoms with Gasteiger partial charge in [0.15, 0.2) is 5.78 Å². The number of hydrogen-bond donors (Lipinski definition) is 3. The molecule has 10 nitrogen and oxygen atoms in total. The lowest BCUT2D eigenvalue weighted by Gasteiger charge is -2.28. The third kappa shape index (κ3) is 7.49. The number of amides is 4. The summed E-state index contributed by atoms with van der Waals surface area (Å²) in [6.45, 7) is 7.51. The predicted molar refractivity (Wildman–Crippen MR) is 154 cm³/mol. The summed E-state index contributed by atoms with van der Waals surface area (Å²) in [5.41, 5.74) is -0.0300. The van der Waals surface area contributed by atoms with E-state index in [4.69, 9.17) is 4.74 Å². The van der Waals surface area contributed by atoms with Crippen LogP contribution in [0.25, 0.3) is 10.8 Å². The topological polar surface area (TPSA) is 137 Å². The lowest BCUT2D eigenvalue weighted by Crippen LogP contribution is -2.57. The van der Waals surface area contributed by atoms with E-state index in [9.17, 15) is 24.0 Å². The number of nitrogens with zero attached hydrogens (tertiary/aromatic N) is 1. The first kappa shape index (κ1) is 30.2. The van der Waals surface area contributed by atoms with Crippen molar-refractivity contribution in [2.45, 2.75) is 77.1 Å². The fraction of sp³-hybridized carbons (Fsp3) is 0.516. The zero-order valence-corrected chi connectivity index (χ0v) is 24.2. The van der Waals surface area contributed by atoms with Crippen LogP contribution in [0.4, 0.5) is 0 Å². The Balaban J connectivity index is 1.57. The van der Waals surface area contributed by atoms with E-state index in [0.717, 1.165) is 16.3 Å². The van der Waals surface area contributed by atoms with Gasteiger partial charge in [-0.1, -0.05) is 56.3 Å². The first-order valence-electron chi connectivity index (χ1n) is 14.3. The van der Waals surface area contributed by atoms with Crippen LogP contribution < -0.4 is 16.0 Å². The van der Waals surface area contributed by atoms with E-state index in [0.29, 0.717) is 32.4 Å². The smallest absolute Gasteiger partial charge is 0.243 e. The zero-order chi connectivity index (χ0) is 29.7. The van der Waals surface area contributed by atoms with E-state index in [-0.39, 0.29) is 36.5 Å². The first-order valence-corrected chi connectivity index (χ1v) is 14.3. The van der Waals surface area contributed by atoms with E-state index in [1.807, 2.05) is 56.3 Å². The van der Waals surface area contributed by atoms with Crippen LogP contribution in [0.1, 0.15) is 52.5 Å². The van der Waals surface area contributed by atoms with Gasteiger partial charge in [-0.05, 0) is 48.4 Å². The van der Waals surface area contributed by atoms with E-state index in [2.05, 4.69) is 16.0 Å². The van der Waals surface area contributed by atoms with Crippen LogP contribution in [0.3, 0.4) is 0 Å². The van der Waals surface area contributed by atoms with Gasteiger partial charge in [-0.15, -0.1) is 0 Å². The fourth-order valence-electron chi connectivity index (χ4n) is 5.40. The van der Waals surface area contributed by atoms with Crippen molar-refractivity contribution in [2.24, 2.45) is 5.92 Å². The lowest BCUT2D eigenvalue weighted by atomic mass is 9.92. The summed E-state index contributed by atoms with van der Waals surface area (Å²) in [4.78, 5) is 66.1. The summed E-state index contributed by atoms with van der Waals surface area (Å²) < 4.78 is 5.37. The first-order chi connectivity index (χ1) is 19.5. The highest BCUT2D eigenvalue weighted by Gasteiger charge is 2.50. The summed E-state index contributed by atoms with van der Waals surface area (Å²) in [7, 11) is 0. The van der Waals surface area contributed by atoms with Crippen molar-refractivity contribution in [3.05, 3.63) is 48.0 Å². The third-order valence-corrected chi connectivity index (χ3v) is 7.74. The standard InChI is InChI=1S/C31H40N4O6/c1-19(2)15-24(28(38)31(4)18-41-31)33-29(39)25(16-22-11-7-10-21-9-5-6-12-23(21)22)34-30(40)26-13-8-14-35(26)27(37)17-32-20(3)36/h5-7,9-12,19,24-26H,8,13-18H2,1-4H3,(H,32,36)(H,33,39)(H,34,40)/t24?,25-,26-,31+/m0/s1. The van der Waals surface area contributed by atoms with Gasteiger partial charge >= 0.3 is 0 Å². The second-order valence-corrected chi connectivity index (χ2v) is 11.6. The van der Waals surface area contributed by atoms with Crippen molar-refractivity contribution in [1.82, 2.24) is 20.9 Å². The van der Waals surface area contributed by atoms with E-state index in [1.165, 1.54) is 11.8 Å². The highest BCUT2D eigenvalue weighted by molar-refractivity contribution is 5.99. The van der Waals surface area contributed by atoms with Crippen molar-refractivity contribution in [2.75, 3.05) is 19.7 Å². The number of ether oxygens (including phenoxy) is 1. The second kappa shape index (κ2) is 12.8. The molecular weight excluding hydrogens is 524 g/mol. The maximum atomic E-state index is 13.8. The predicted octanol–water partition coefficient (Wildman–Crippen LogP) is 1.88. The Morgan fingerprint density at radius 1 is 1.02 bits per heavy atom. The van der Waals surface area contributed by atoms with Crippen molar-refractivity contribution in [3.63, 3.8) is 0 Å². The van der Waals surface area contributed by atoms with Crippen LogP contribution in [-0.4, -0.2) is 77.7 Å². The summed E-state index contributed by atoms with van der Waals surface area (Å²) in [6.07, 6.45) is 1.71. The summed E-state index contributed by atoms with van der Waals surface area (Å²) in [6, 6.07) is 11.1. The molecule has 0 spiro atoms. The maximum absolute atomic E-state index is 13.8. The van der Waals surface area contributed by atoms with Crippen LogP contribution in [-0.2, 0) is 35.1 Å². The monoisotopic (exact) mass is 564 g/mol. The summed E-state index contributed by atoms with van der Waals surface area (Å²) in [5.74, 6) is -1.64. The molecular formula is C31H40N4O6. The molecule has 220 valence electrons. The Labute approximate surface area is 240 Å². The molecule has 4 atom stereocenters. The molecule has 2 aromatic rings. The normalized spacial score (nSPS) is 21.3. The van der Waals surface area contributed by atoms with Crippen molar-refractivity contribution >= 4 is 40.2 Å². The largest absolute Gasteiger partial charge is 0.361 e. The summed E-state index contributed by atoms with van der Waals surface area (Å²) in [5, 5.41) is 10.3. The highest BCUT2D eigenvalue weighted by Crippen LogP contribution is 2.30. The van der Waals surface area contributed by atoms with Gasteiger partial charge in [0.2, 0.25) is 23.6 Å². The number of likely N-dealkylation sites (tertiary alicyclic amines) is 1. The number of benzene rings is 2. The third-order valence-electron chi connectivity index (χ3n) is 7.74. The van der Waals surface area contributed by atoms with Gasteiger partial charge < -0.3 is 25.6 Å². The number of carbonyl (C=O) groups excluding carboxylic acids is 5. The molecule has 2 fully saturated rings. The second-order valence-electron chi connectivity index (χ2n) is 11.6. The van der Waals surface area contributed by atoms with E-state index >= 15 is 0 Å². The molecule has 10 heteroatoms. The number of ketones is 1. The molecule has 1 unspecified atom stereocenters. The van der Waals surface area contributed by atoms with Crippen molar-refractivity contribution < 1.29 is 28.7 Å². The molecule has 2 aromatic carbocycles. The van der Waals surface area contributed by atoms with Gasteiger partial charge in [-0.2, -0.15) is 0 Å². The van der Waals surface area contributed by atoms with Gasteiger partial charge in [0.1, 0.15) is 17.7 Å². The zero-order valence-electron chi connectivity index (χ0n) is 24.2. The minimum absolute atomic E-state index is 0.138. The number of fused-ring (bicyclic) bond motifs is 1. The van der Waals surface area contributed by atoms with Crippen LogP contribution >= 0.6 is 0 Å². The minimum Gasteiger partial charge on any atom is -0.361 e. The van der Waals surface area contributed by atoms with Gasteiger partial charge in [0.25, 0.3) is 0 Å². The van der Waals surface area contributed by atoms with E-state index in [1.54, 1.807) is 6.92 Å². The molecule has 2 saturated heterocycles. The Bertz CT molecular complexity index is 1320. The number of rotatable bonds is 12. The maximum Gasteiger partial charge on any atom is 0.243 e. The van der Waals surface area contributed by atoms with Crippen LogP contribution in [0, 0.1) is 5.92 Å². The number of epoxide rings is 1.